The summed E-state index contributed by atoms with van der Waals surface area (Å²) in [5.74, 6) is 2.43. The molecule has 25 heavy (non-hydrogen) atoms. The Morgan fingerprint density at radius 1 is 1.20 bits per heavy atom. The second-order valence-corrected chi connectivity index (χ2v) is 5.90. The molecular formula is C18H23N5O2. The number of anilines is 2. The summed E-state index contributed by atoms with van der Waals surface area (Å²) < 4.78 is 5.37. The fraction of sp³-hybridized carbons (Fsp3) is 0.389. The molecule has 132 valence electrons. The Hall–Kier alpha value is -2.83. The van der Waals surface area contributed by atoms with Crippen LogP contribution in [0.2, 0.25) is 0 Å². The molecule has 1 aliphatic rings. The average Bonchev–Trinajstić information content (AvgIpc) is 2.67. The summed E-state index contributed by atoms with van der Waals surface area (Å²) in [5.41, 5.74) is 1.07. The third-order valence-electron chi connectivity index (χ3n) is 4.30. The lowest BCUT2D eigenvalue weighted by molar-refractivity contribution is -0.129. The lowest BCUT2D eigenvalue weighted by atomic mass is 10.2. The number of hydrogen-bond donors (Lipinski definition) is 1. The molecule has 1 fully saturated rings. The number of benzene rings is 1. The Bertz CT molecular complexity index is 729. The zero-order valence-corrected chi connectivity index (χ0v) is 14.6. The van der Waals surface area contributed by atoms with Crippen LogP contribution in [0.4, 0.5) is 11.8 Å². The summed E-state index contributed by atoms with van der Waals surface area (Å²) in [7, 11) is 1.67. The third kappa shape index (κ3) is 4.17. The maximum atomic E-state index is 11.4. The summed E-state index contributed by atoms with van der Waals surface area (Å²) in [5, 5.41) is 3.32. The second-order valence-electron chi connectivity index (χ2n) is 5.90. The van der Waals surface area contributed by atoms with Crippen molar-refractivity contribution >= 4 is 17.7 Å². The number of nitrogens with one attached hydrogen (secondary N) is 1. The number of piperazine rings is 1. The molecule has 0 saturated carbocycles. The number of ether oxygens (including phenoxy) is 1. The third-order valence-corrected chi connectivity index (χ3v) is 4.30. The highest BCUT2D eigenvalue weighted by Gasteiger charge is 2.20. The Kier molecular flexibility index (Phi) is 5.33. The van der Waals surface area contributed by atoms with Gasteiger partial charge in [-0.2, -0.15) is 4.98 Å². The number of para-hydroxylation sites is 1. The van der Waals surface area contributed by atoms with E-state index < -0.39 is 0 Å². The molecule has 1 aromatic carbocycles. The van der Waals surface area contributed by atoms with Gasteiger partial charge in [-0.05, 0) is 12.1 Å². The number of carbonyl (C=O) groups is 1. The lowest BCUT2D eigenvalue weighted by Gasteiger charge is -2.34. The van der Waals surface area contributed by atoms with E-state index in [4.69, 9.17) is 4.74 Å². The number of nitrogens with zero attached hydrogens (tertiary/aromatic N) is 4. The van der Waals surface area contributed by atoms with E-state index >= 15 is 0 Å². The van der Waals surface area contributed by atoms with Crippen LogP contribution in [0.1, 0.15) is 12.5 Å². The molecule has 2 aromatic rings. The largest absolute Gasteiger partial charge is 0.496 e. The van der Waals surface area contributed by atoms with Crippen LogP contribution < -0.4 is 15.0 Å². The Labute approximate surface area is 147 Å². The minimum Gasteiger partial charge on any atom is -0.496 e. The van der Waals surface area contributed by atoms with Crippen molar-refractivity contribution in [3.63, 3.8) is 0 Å². The maximum absolute atomic E-state index is 11.4. The quantitative estimate of drug-likeness (QED) is 0.894. The molecule has 0 bridgehead atoms. The number of hydrogen-bond acceptors (Lipinski definition) is 6. The van der Waals surface area contributed by atoms with Crippen LogP contribution in [0.15, 0.2) is 36.5 Å². The van der Waals surface area contributed by atoms with Crippen LogP contribution in [0.25, 0.3) is 0 Å². The van der Waals surface area contributed by atoms with Crippen LogP contribution in [0.5, 0.6) is 5.75 Å². The molecule has 1 aromatic heterocycles. The second kappa shape index (κ2) is 7.83. The van der Waals surface area contributed by atoms with Gasteiger partial charge in [-0.15, -0.1) is 0 Å². The summed E-state index contributed by atoms with van der Waals surface area (Å²) >= 11 is 0. The zero-order chi connectivity index (χ0) is 17.6. The zero-order valence-electron chi connectivity index (χ0n) is 14.6. The molecule has 1 amide bonds. The van der Waals surface area contributed by atoms with E-state index in [0.717, 1.165) is 30.2 Å². The van der Waals surface area contributed by atoms with Crippen molar-refractivity contribution in [2.75, 3.05) is 43.5 Å². The first kappa shape index (κ1) is 17.0. The predicted molar refractivity (Wildman–Crippen MR) is 96.8 cm³/mol. The van der Waals surface area contributed by atoms with Crippen molar-refractivity contribution < 1.29 is 9.53 Å². The van der Waals surface area contributed by atoms with E-state index in [-0.39, 0.29) is 5.91 Å². The number of rotatable bonds is 5. The van der Waals surface area contributed by atoms with E-state index in [1.165, 1.54) is 0 Å². The topological polar surface area (TPSA) is 70.6 Å². The fourth-order valence-corrected chi connectivity index (χ4v) is 2.86. The van der Waals surface area contributed by atoms with Gasteiger partial charge in [0.1, 0.15) is 11.6 Å². The molecule has 7 heteroatoms. The molecule has 0 radical (unpaired) electrons. The molecule has 0 aliphatic carbocycles. The molecule has 0 spiro atoms. The molecular weight excluding hydrogens is 318 g/mol. The minimum atomic E-state index is 0.118. The fourth-order valence-electron chi connectivity index (χ4n) is 2.86. The summed E-state index contributed by atoms with van der Waals surface area (Å²) in [6.07, 6.45) is 1.75. The van der Waals surface area contributed by atoms with Gasteiger partial charge in [-0.3, -0.25) is 4.79 Å². The number of aromatic nitrogens is 2. The Morgan fingerprint density at radius 2 is 1.96 bits per heavy atom. The normalized spacial score (nSPS) is 14.3. The van der Waals surface area contributed by atoms with Crippen LogP contribution in [0, 0.1) is 0 Å². The minimum absolute atomic E-state index is 0.118. The van der Waals surface area contributed by atoms with Crippen molar-refractivity contribution in [1.82, 2.24) is 14.9 Å². The molecule has 0 unspecified atom stereocenters. The van der Waals surface area contributed by atoms with Gasteiger partial charge in [0.15, 0.2) is 0 Å². The van der Waals surface area contributed by atoms with E-state index in [2.05, 4.69) is 20.2 Å². The SMILES string of the molecule is COc1ccccc1CNc1ccnc(N2CCN(C(C)=O)CC2)n1. The molecule has 1 N–H and O–H groups in total. The van der Waals surface area contributed by atoms with E-state index in [1.54, 1.807) is 20.2 Å². The van der Waals surface area contributed by atoms with Crippen molar-refractivity contribution in [2.24, 2.45) is 0 Å². The van der Waals surface area contributed by atoms with E-state index in [9.17, 15) is 4.79 Å². The standard InChI is InChI=1S/C18H23N5O2/c1-14(24)22-9-11-23(12-10-22)18-19-8-7-17(21-18)20-13-15-5-3-4-6-16(15)25-2/h3-8H,9-13H2,1-2H3,(H,19,20,21). The maximum Gasteiger partial charge on any atom is 0.227 e. The average molecular weight is 341 g/mol. The van der Waals surface area contributed by atoms with Gasteiger partial charge in [0, 0.05) is 51.4 Å². The highest BCUT2D eigenvalue weighted by Crippen LogP contribution is 2.19. The monoisotopic (exact) mass is 341 g/mol. The van der Waals surface area contributed by atoms with Gasteiger partial charge in [0.05, 0.1) is 7.11 Å². The summed E-state index contributed by atoms with van der Waals surface area (Å²) in [6, 6.07) is 9.75. The number of methoxy groups -OCH3 is 1. The van der Waals surface area contributed by atoms with Gasteiger partial charge >= 0.3 is 0 Å². The Balaban J connectivity index is 1.63. The molecule has 7 nitrogen and oxygen atoms in total. The summed E-state index contributed by atoms with van der Waals surface area (Å²) in [6.45, 7) is 5.13. The van der Waals surface area contributed by atoms with Crippen LogP contribution in [-0.4, -0.2) is 54.1 Å². The first-order chi connectivity index (χ1) is 12.2. The van der Waals surface area contributed by atoms with Crippen molar-refractivity contribution in [3.8, 4) is 5.75 Å². The van der Waals surface area contributed by atoms with Gasteiger partial charge in [0.2, 0.25) is 11.9 Å². The molecule has 1 saturated heterocycles. The first-order valence-corrected chi connectivity index (χ1v) is 8.36. The van der Waals surface area contributed by atoms with Crippen LogP contribution >= 0.6 is 0 Å². The van der Waals surface area contributed by atoms with Gasteiger partial charge < -0.3 is 19.9 Å². The highest BCUT2D eigenvalue weighted by molar-refractivity contribution is 5.73. The summed E-state index contributed by atoms with van der Waals surface area (Å²) in [4.78, 5) is 24.3. The van der Waals surface area contributed by atoms with Gasteiger partial charge in [-0.1, -0.05) is 18.2 Å². The van der Waals surface area contributed by atoms with Crippen LogP contribution in [-0.2, 0) is 11.3 Å². The van der Waals surface area contributed by atoms with Crippen molar-refractivity contribution in [1.29, 1.82) is 0 Å². The smallest absolute Gasteiger partial charge is 0.227 e. The van der Waals surface area contributed by atoms with Gasteiger partial charge in [0.25, 0.3) is 0 Å². The van der Waals surface area contributed by atoms with Crippen LogP contribution in [0.3, 0.4) is 0 Å². The Morgan fingerprint density at radius 3 is 2.68 bits per heavy atom. The molecule has 1 aliphatic heterocycles. The number of amides is 1. The number of carbonyl (C=O) groups excluding carboxylic acids is 1. The van der Waals surface area contributed by atoms with E-state index in [0.29, 0.717) is 25.6 Å². The lowest BCUT2D eigenvalue weighted by Crippen LogP contribution is -2.48. The van der Waals surface area contributed by atoms with Crippen molar-refractivity contribution in [2.45, 2.75) is 13.5 Å². The first-order valence-electron chi connectivity index (χ1n) is 8.36. The molecule has 0 atom stereocenters. The molecule has 2 heterocycles. The molecule has 3 rings (SSSR count). The predicted octanol–water partition coefficient (Wildman–Crippen LogP) is 1.77. The highest BCUT2D eigenvalue weighted by atomic mass is 16.5. The van der Waals surface area contributed by atoms with Crippen molar-refractivity contribution in [3.05, 3.63) is 42.1 Å². The van der Waals surface area contributed by atoms with Gasteiger partial charge in [-0.25, -0.2) is 4.98 Å². The van der Waals surface area contributed by atoms with E-state index in [1.807, 2.05) is 35.2 Å².